The number of carbonyl (C=O) groups excluding carboxylic acids is 2. The normalized spacial score (nSPS) is 11.0. The van der Waals surface area contributed by atoms with Crippen molar-refractivity contribution in [3.05, 3.63) is 88.4 Å². The summed E-state index contributed by atoms with van der Waals surface area (Å²) < 4.78 is 32.7. The average molecular weight is 507 g/mol. The van der Waals surface area contributed by atoms with Gasteiger partial charge in [0.15, 0.2) is 0 Å². The molecule has 1 N–H and O–H groups in total. The number of hydrogen-bond acceptors (Lipinski definition) is 5. The first-order valence-corrected chi connectivity index (χ1v) is 12.0. The van der Waals surface area contributed by atoms with Crippen molar-refractivity contribution in [1.29, 1.82) is 0 Å². The second-order valence-corrected chi connectivity index (χ2v) is 9.36. The summed E-state index contributed by atoms with van der Waals surface area (Å²) in [5.74, 6) is -1.30. The molecule has 0 aliphatic carbocycles. The zero-order valence-electron chi connectivity index (χ0n) is 17.5. The number of rotatable bonds is 8. The fourth-order valence-electron chi connectivity index (χ4n) is 3.00. The maximum atomic E-state index is 13.4. The highest BCUT2D eigenvalue weighted by Crippen LogP contribution is 2.35. The van der Waals surface area contributed by atoms with E-state index in [2.05, 4.69) is 5.32 Å². The smallest absolute Gasteiger partial charge is 0.340 e. The first-order valence-electron chi connectivity index (χ1n) is 9.83. The van der Waals surface area contributed by atoms with E-state index in [1.165, 1.54) is 42.5 Å². The van der Waals surface area contributed by atoms with Gasteiger partial charge in [-0.25, -0.2) is 13.2 Å². The van der Waals surface area contributed by atoms with E-state index in [9.17, 15) is 18.0 Å². The molecule has 10 heteroatoms. The zero-order chi connectivity index (χ0) is 24.0. The lowest BCUT2D eigenvalue weighted by atomic mass is 10.2. The average Bonchev–Trinajstić information content (AvgIpc) is 2.80. The molecule has 7 nitrogen and oxygen atoms in total. The van der Waals surface area contributed by atoms with Crippen molar-refractivity contribution in [3.8, 4) is 0 Å². The van der Waals surface area contributed by atoms with E-state index < -0.39 is 28.4 Å². The number of carbonyl (C=O) groups is 2. The van der Waals surface area contributed by atoms with Crippen LogP contribution in [0.15, 0.2) is 77.7 Å². The van der Waals surface area contributed by atoms with Crippen LogP contribution in [0.25, 0.3) is 0 Å². The number of esters is 1. The fraction of sp³-hybridized carbons (Fsp3) is 0.130. The minimum absolute atomic E-state index is 0.0154. The van der Waals surface area contributed by atoms with Crippen molar-refractivity contribution >= 4 is 56.5 Å². The van der Waals surface area contributed by atoms with Gasteiger partial charge in [0.05, 0.1) is 38.5 Å². The Morgan fingerprint density at radius 2 is 1.61 bits per heavy atom. The van der Waals surface area contributed by atoms with E-state index in [0.29, 0.717) is 0 Å². The first kappa shape index (κ1) is 24.6. The Labute approximate surface area is 201 Å². The maximum Gasteiger partial charge on any atom is 0.340 e. The highest BCUT2D eigenvalue weighted by molar-refractivity contribution is 7.92. The second kappa shape index (κ2) is 10.7. The van der Waals surface area contributed by atoms with Gasteiger partial charge in [0.2, 0.25) is 5.91 Å². The van der Waals surface area contributed by atoms with Crippen molar-refractivity contribution in [2.75, 3.05) is 22.8 Å². The molecule has 0 unspecified atom stereocenters. The van der Waals surface area contributed by atoms with Crippen molar-refractivity contribution in [3.63, 3.8) is 0 Å². The summed E-state index contributed by atoms with van der Waals surface area (Å²) in [5, 5.41) is 2.71. The summed E-state index contributed by atoms with van der Waals surface area (Å²) in [6.07, 6.45) is 0. The number of para-hydroxylation sites is 1. The van der Waals surface area contributed by atoms with Gasteiger partial charge >= 0.3 is 5.97 Å². The van der Waals surface area contributed by atoms with Crippen LogP contribution in [-0.2, 0) is 19.6 Å². The molecule has 0 heterocycles. The zero-order valence-corrected chi connectivity index (χ0v) is 19.8. The number of nitrogens with zero attached hydrogens (tertiary/aromatic N) is 1. The van der Waals surface area contributed by atoms with Crippen LogP contribution in [0.2, 0.25) is 10.0 Å². The number of nitrogens with one attached hydrogen (secondary N) is 1. The summed E-state index contributed by atoms with van der Waals surface area (Å²) in [6, 6.07) is 18.4. The number of benzene rings is 3. The van der Waals surface area contributed by atoms with Gasteiger partial charge in [0, 0.05) is 0 Å². The van der Waals surface area contributed by atoms with Gasteiger partial charge < -0.3 is 10.1 Å². The van der Waals surface area contributed by atoms with Crippen LogP contribution in [-0.4, -0.2) is 33.4 Å². The predicted octanol–water partition coefficient (Wildman–Crippen LogP) is 5.00. The molecule has 0 atom stereocenters. The van der Waals surface area contributed by atoms with Gasteiger partial charge in [-0.2, -0.15) is 0 Å². The number of sulfonamides is 1. The van der Waals surface area contributed by atoms with Crippen LogP contribution >= 0.6 is 23.2 Å². The second-order valence-electron chi connectivity index (χ2n) is 6.71. The number of amides is 1. The molecule has 0 aromatic heterocycles. The lowest BCUT2D eigenvalue weighted by Gasteiger charge is -2.25. The first-order chi connectivity index (χ1) is 15.8. The third kappa shape index (κ3) is 5.65. The molecule has 0 spiro atoms. The lowest BCUT2D eigenvalue weighted by Crippen LogP contribution is -2.38. The Bertz CT molecular complexity index is 1270. The Morgan fingerprint density at radius 3 is 2.30 bits per heavy atom. The van der Waals surface area contributed by atoms with Gasteiger partial charge in [-0.1, -0.05) is 59.6 Å². The fourth-order valence-corrected chi connectivity index (χ4v) is 4.91. The predicted molar refractivity (Wildman–Crippen MR) is 128 cm³/mol. The molecule has 3 aromatic rings. The van der Waals surface area contributed by atoms with Gasteiger partial charge in [0.25, 0.3) is 10.0 Å². The van der Waals surface area contributed by atoms with Crippen LogP contribution in [0.1, 0.15) is 17.3 Å². The van der Waals surface area contributed by atoms with E-state index in [1.807, 2.05) is 0 Å². The molecule has 0 radical (unpaired) electrons. The Hall–Kier alpha value is -3.07. The molecule has 0 bridgehead atoms. The third-order valence-electron chi connectivity index (χ3n) is 4.51. The maximum absolute atomic E-state index is 13.4. The molecular weight excluding hydrogens is 487 g/mol. The van der Waals surface area contributed by atoms with Crippen molar-refractivity contribution < 1.29 is 22.7 Å². The van der Waals surface area contributed by atoms with Gasteiger partial charge in [-0.3, -0.25) is 9.10 Å². The van der Waals surface area contributed by atoms with Crippen molar-refractivity contribution in [1.82, 2.24) is 0 Å². The number of hydrogen-bond donors (Lipinski definition) is 1. The largest absolute Gasteiger partial charge is 0.462 e. The lowest BCUT2D eigenvalue weighted by molar-refractivity contribution is -0.114. The molecule has 3 aromatic carbocycles. The molecule has 0 fully saturated rings. The number of halogens is 2. The van der Waals surface area contributed by atoms with E-state index in [1.54, 1.807) is 37.3 Å². The van der Waals surface area contributed by atoms with Crippen LogP contribution in [0, 0.1) is 0 Å². The molecule has 3 rings (SSSR count). The molecule has 0 aliphatic heterocycles. The van der Waals surface area contributed by atoms with Gasteiger partial charge in [-0.15, -0.1) is 0 Å². The number of anilines is 2. The standard InChI is InChI=1S/C23H20Cl2N2O5S/c1-2-32-23(29)17-11-6-7-13-19(17)26-21(28)15-27(20-14-8-12-18(24)22(20)25)33(30,31)16-9-4-3-5-10-16/h3-14H,2,15H2,1H3,(H,26,28). The summed E-state index contributed by atoms with van der Waals surface area (Å²) in [7, 11) is -4.18. The monoisotopic (exact) mass is 506 g/mol. The van der Waals surface area contributed by atoms with E-state index in [0.717, 1.165) is 4.31 Å². The molecule has 0 saturated heterocycles. The van der Waals surface area contributed by atoms with Gasteiger partial charge in [-0.05, 0) is 43.3 Å². The highest BCUT2D eigenvalue weighted by Gasteiger charge is 2.29. The Morgan fingerprint density at radius 1 is 0.939 bits per heavy atom. The summed E-state index contributed by atoms with van der Waals surface area (Å²) >= 11 is 12.4. The van der Waals surface area contributed by atoms with E-state index >= 15 is 0 Å². The van der Waals surface area contributed by atoms with E-state index in [-0.39, 0.29) is 38.5 Å². The quantitative estimate of drug-likeness (QED) is 0.433. The molecular formula is C23H20Cl2N2O5S. The molecule has 33 heavy (non-hydrogen) atoms. The van der Waals surface area contributed by atoms with Gasteiger partial charge in [0.1, 0.15) is 6.54 Å². The van der Waals surface area contributed by atoms with Crippen molar-refractivity contribution in [2.24, 2.45) is 0 Å². The third-order valence-corrected chi connectivity index (χ3v) is 7.10. The minimum Gasteiger partial charge on any atom is -0.462 e. The van der Waals surface area contributed by atoms with Crippen molar-refractivity contribution in [2.45, 2.75) is 11.8 Å². The molecule has 1 amide bonds. The van der Waals surface area contributed by atoms with E-state index in [4.69, 9.17) is 27.9 Å². The van der Waals surface area contributed by atoms with Crippen LogP contribution in [0.5, 0.6) is 0 Å². The highest BCUT2D eigenvalue weighted by atomic mass is 35.5. The minimum atomic E-state index is -4.18. The SMILES string of the molecule is CCOC(=O)c1ccccc1NC(=O)CN(c1cccc(Cl)c1Cl)S(=O)(=O)c1ccccc1. The summed E-state index contributed by atoms with van der Waals surface area (Å²) in [5.41, 5.74) is 0.378. The van der Waals surface area contributed by atoms with Crippen LogP contribution in [0.3, 0.4) is 0 Å². The van der Waals surface area contributed by atoms with Crippen LogP contribution in [0.4, 0.5) is 11.4 Å². The Balaban J connectivity index is 1.98. The summed E-state index contributed by atoms with van der Waals surface area (Å²) in [6.45, 7) is 1.21. The number of ether oxygens (including phenoxy) is 1. The summed E-state index contributed by atoms with van der Waals surface area (Å²) in [4.78, 5) is 25.1. The molecule has 0 aliphatic rings. The van der Waals surface area contributed by atoms with Crippen LogP contribution < -0.4 is 9.62 Å². The Kier molecular flexibility index (Phi) is 7.97. The topological polar surface area (TPSA) is 92.8 Å². The molecule has 172 valence electrons. The molecule has 0 saturated carbocycles.